The molecule has 0 aliphatic rings. The van der Waals surface area contributed by atoms with Crippen molar-refractivity contribution in [1.82, 2.24) is 15.3 Å². The number of H-pyrrole nitrogens is 2. The highest BCUT2D eigenvalue weighted by Gasteiger charge is 2.27. The summed E-state index contributed by atoms with van der Waals surface area (Å²) in [5, 5.41) is 3.06. The molecular weight excluding hydrogens is 287 g/mol. The lowest BCUT2D eigenvalue weighted by atomic mass is 10.1. The van der Waals surface area contributed by atoms with Crippen LogP contribution in [0.1, 0.15) is 18.5 Å². The molecule has 0 radical (unpaired) electrons. The Labute approximate surface area is 118 Å². The molecule has 1 atom stereocenters. The van der Waals surface area contributed by atoms with Gasteiger partial charge in [0.1, 0.15) is 6.61 Å². The predicted molar refractivity (Wildman–Crippen MR) is 72.2 cm³/mol. The van der Waals surface area contributed by atoms with Gasteiger partial charge in [-0.25, -0.2) is 4.79 Å². The van der Waals surface area contributed by atoms with Crippen LogP contribution in [0.25, 0.3) is 11.0 Å². The molecule has 1 aromatic heterocycles. The van der Waals surface area contributed by atoms with Crippen molar-refractivity contribution in [2.24, 2.45) is 0 Å². The van der Waals surface area contributed by atoms with Crippen molar-refractivity contribution in [2.75, 3.05) is 19.8 Å². The second-order valence-electron chi connectivity index (χ2n) is 4.73. The summed E-state index contributed by atoms with van der Waals surface area (Å²) in [4.78, 5) is 16.5. The summed E-state index contributed by atoms with van der Waals surface area (Å²) in [5.74, 6) is 0. The van der Waals surface area contributed by atoms with Crippen LogP contribution in [-0.2, 0) is 4.74 Å². The van der Waals surface area contributed by atoms with Gasteiger partial charge in [0.2, 0.25) is 0 Å². The van der Waals surface area contributed by atoms with Crippen molar-refractivity contribution < 1.29 is 17.9 Å². The smallest absolute Gasteiger partial charge is 0.371 e. The summed E-state index contributed by atoms with van der Waals surface area (Å²) >= 11 is 0. The van der Waals surface area contributed by atoms with Gasteiger partial charge >= 0.3 is 11.9 Å². The van der Waals surface area contributed by atoms with Gasteiger partial charge in [0, 0.05) is 12.6 Å². The molecule has 21 heavy (non-hydrogen) atoms. The summed E-state index contributed by atoms with van der Waals surface area (Å²) in [7, 11) is 0. The predicted octanol–water partition coefficient (Wildman–Crippen LogP) is 2.09. The molecule has 0 aliphatic carbocycles. The molecule has 2 rings (SSSR count). The second-order valence-corrected chi connectivity index (χ2v) is 4.73. The molecule has 1 heterocycles. The molecular formula is C13H16F3N3O2. The monoisotopic (exact) mass is 303 g/mol. The number of fused-ring (bicyclic) bond motifs is 1. The van der Waals surface area contributed by atoms with Crippen LogP contribution < -0.4 is 11.0 Å². The first kappa shape index (κ1) is 15.6. The van der Waals surface area contributed by atoms with E-state index in [1.165, 1.54) is 0 Å². The van der Waals surface area contributed by atoms with Crippen molar-refractivity contribution >= 4 is 11.0 Å². The van der Waals surface area contributed by atoms with E-state index in [9.17, 15) is 18.0 Å². The highest BCUT2D eigenvalue weighted by atomic mass is 19.4. The first-order valence-electron chi connectivity index (χ1n) is 6.45. The Morgan fingerprint density at radius 2 is 2.00 bits per heavy atom. The van der Waals surface area contributed by atoms with Crippen molar-refractivity contribution in [3.63, 3.8) is 0 Å². The zero-order valence-electron chi connectivity index (χ0n) is 11.4. The molecule has 5 nitrogen and oxygen atoms in total. The zero-order valence-corrected chi connectivity index (χ0v) is 11.4. The molecule has 2 aromatic rings. The Morgan fingerprint density at radius 1 is 1.29 bits per heavy atom. The fourth-order valence-electron chi connectivity index (χ4n) is 1.97. The van der Waals surface area contributed by atoms with Crippen LogP contribution in [0.3, 0.4) is 0 Å². The van der Waals surface area contributed by atoms with E-state index >= 15 is 0 Å². The Morgan fingerprint density at radius 3 is 2.71 bits per heavy atom. The fraction of sp³-hybridized carbons (Fsp3) is 0.462. The van der Waals surface area contributed by atoms with Gasteiger partial charge in [-0.2, -0.15) is 13.2 Å². The molecule has 0 fully saturated rings. The summed E-state index contributed by atoms with van der Waals surface area (Å²) < 4.78 is 40.2. The fourth-order valence-corrected chi connectivity index (χ4v) is 1.97. The molecule has 1 aromatic carbocycles. The molecule has 0 saturated heterocycles. The van der Waals surface area contributed by atoms with E-state index in [2.05, 4.69) is 20.0 Å². The number of aromatic amines is 2. The topological polar surface area (TPSA) is 69.9 Å². The van der Waals surface area contributed by atoms with E-state index in [0.717, 1.165) is 5.56 Å². The molecule has 116 valence electrons. The summed E-state index contributed by atoms with van der Waals surface area (Å²) in [6.07, 6.45) is -4.29. The van der Waals surface area contributed by atoms with E-state index in [1.54, 1.807) is 6.07 Å². The number of rotatable bonds is 6. The first-order chi connectivity index (χ1) is 9.85. The highest BCUT2D eigenvalue weighted by molar-refractivity contribution is 5.75. The minimum Gasteiger partial charge on any atom is -0.371 e. The van der Waals surface area contributed by atoms with E-state index in [-0.39, 0.29) is 18.3 Å². The first-order valence-corrected chi connectivity index (χ1v) is 6.45. The second kappa shape index (κ2) is 6.31. The third kappa shape index (κ3) is 4.61. The van der Waals surface area contributed by atoms with E-state index < -0.39 is 12.8 Å². The lowest BCUT2D eigenvalue weighted by Crippen LogP contribution is -2.26. The Hall–Kier alpha value is -1.80. The maximum absolute atomic E-state index is 11.9. The molecule has 0 aliphatic heterocycles. The number of imidazole rings is 1. The quantitative estimate of drug-likeness (QED) is 0.716. The van der Waals surface area contributed by atoms with Crippen LogP contribution in [0, 0.1) is 0 Å². The van der Waals surface area contributed by atoms with E-state index in [1.807, 2.05) is 19.1 Å². The standard InChI is InChI=1S/C13H16F3N3O2/c1-8(17-4-5-21-7-13(14,15)16)9-2-3-10-11(6-9)19-12(20)18-10/h2-3,6,8,17H,4-5,7H2,1H3,(H2,18,19,20). The van der Waals surface area contributed by atoms with Gasteiger partial charge < -0.3 is 20.0 Å². The normalized spacial score (nSPS) is 13.7. The van der Waals surface area contributed by atoms with Crippen LogP contribution >= 0.6 is 0 Å². The van der Waals surface area contributed by atoms with Crippen molar-refractivity contribution in [3.8, 4) is 0 Å². The average molecular weight is 303 g/mol. The Balaban J connectivity index is 1.84. The molecule has 0 bridgehead atoms. The van der Waals surface area contributed by atoms with Gasteiger partial charge in [-0.15, -0.1) is 0 Å². The van der Waals surface area contributed by atoms with Gasteiger partial charge in [-0.1, -0.05) is 6.07 Å². The van der Waals surface area contributed by atoms with Gasteiger partial charge in [0.15, 0.2) is 0 Å². The highest BCUT2D eigenvalue weighted by Crippen LogP contribution is 2.17. The van der Waals surface area contributed by atoms with Crippen LogP contribution in [-0.4, -0.2) is 35.9 Å². The van der Waals surface area contributed by atoms with E-state index in [0.29, 0.717) is 17.6 Å². The number of alkyl halides is 3. The minimum atomic E-state index is -4.29. The number of aromatic nitrogens is 2. The number of nitrogens with one attached hydrogen (secondary N) is 3. The SMILES string of the molecule is CC(NCCOCC(F)(F)F)c1ccc2[nH]c(=O)[nH]c2c1. The van der Waals surface area contributed by atoms with Crippen LogP contribution in [0.15, 0.2) is 23.0 Å². The van der Waals surface area contributed by atoms with Gasteiger partial charge in [-0.3, -0.25) is 0 Å². The van der Waals surface area contributed by atoms with Crippen LogP contribution in [0.4, 0.5) is 13.2 Å². The molecule has 0 amide bonds. The summed E-state index contributed by atoms with van der Waals surface area (Å²) in [6, 6.07) is 5.38. The lowest BCUT2D eigenvalue weighted by Gasteiger charge is -2.15. The van der Waals surface area contributed by atoms with Crippen LogP contribution in [0.2, 0.25) is 0 Å². The maximum Gasteiger partial charge on any atom is 0.411 e. The van der Waals surface area contributed by atoms with Gasteiger partial charge in [0.05, 0.1) is 17.6 Å². The lowest BCUT2D eigenvalue weighted by molar-refractivity contribution is -0.173. The van der Waals surface area contributed by atoms with Crippen molar-refractivity contribution in [3.05, 3.63) is 34.2 Å². The van der Waals surface area contributed by atoms with Crippen molar-refractivity contribution in [1.29, 1.82) is 0 Å². The molecule has 0 spiro atoms. The summed E-state index contributed by atoms with van der Waals surface area (Å²) in [5.41, 5.74) is 2.06. The Bertz CT molecular complexity index is 648. The number of halogens is 3. The number of benzene rings is 1. The average Bonchev–Trinajstić information content (AvgIpc) is 2.75. The molecule has 8 heteroatoms. The number of ether oxygens (including phenoxy) is 1. The number of hydrogen-bond acceptors (Lipinski definition) is 3. The molecule has 3 N–H and O–H groups in total. The number of hydrogen-bond donors (Lipinski definition) is 3. The Kier molecular flexibility index (Phi) is 4.69. The molecule has 1 unspecified atom stereocenters. The summed E-state index contributed by atoms with van der Waals surface area (Å²) in [6.45, 7) is 0.932. The van der Waals surface area contributed by atoms with Crippen molar-refractivity contribution in [2.45, 2.75) is 19.1 Å². The van der Waals surface area contributed by atoms with Gasteiger partial charge in [0.25, 0.3) is 0 Å². The van der Waals surface area contributed by atoms with E-state index in [4.69, 9.17) is 0 Å². The van der Waals surface area contributed by atoms with Crippen LogP contribution in [0.5, 0.6) is 0 Å². The molecule has 0 saturated carbocycles. The maximum atomic E-state index is 11.9. The minimum absolute atomic E-state index is 0.0208. The van der Waals surface area contributed by atoms with Gasteiger partial charge in [-0.05, 0) is 24.6 Å². The third-order valence-corrected chi connectivity index (χ3v) is 3.00. The zero-order chi connectivity index (χ0) is 15.5. The third-order valence-electron chi connectivity index (χ3n) is 3.00. The largest absolute Gasteiger partial charge is 0.411 e.